The highest BCUT2D eigenvalue weighted by molar-refractivity contribution is 6.18. The van der Waals surface area contributed by atoms with E-state index in [0.717, 1.165) is 18.6 Å². The van der Waals surface area contributed by atoms with Crippen molar-refractivity contribution in [3.05, 3.63) is 0 Å². The van der Waals surface area contributed by atoms with Gasteiger partial charge in [0.2, 0.25) is 0 Å². The van der Waals surface area contributed by atoms with Crippen LogP contribution in [0.3, 0.4) is 0 Å². The molecule has 2 nitrogen and oxygen atoms in total. The van der Waals surface area contributed by atoms with Gasteiger partial charge in [0.25, 0.3) is 0 Å². The highest BCUT2D eigenvalue weighted by Crippen LogP contribution is 2.12. The molecule has 3 heteroatoms. The van der Waals surface area contributed by atoms with E-state index in [9.17, 15) is 0 Å². The molecular weight excluding hydrogens is 138 g/mol. The lowest BCUT2D eigenvalue weighted by molar-refractivity contribution is 0.102. The summed E-state index contributed by atoms with van der Waals surface area (Å²) >= 11 is 5.53. The van der Waals surface area contributed by atoms with Gasteiger partial charge in [-0.2, -0.15) is 0 Å². The van der Waals surface area contributed by atoms with Crippen LogP contribution in [0.2, 0.25) is 0 Å². The van der Waals surface area contributed by atoms with Gasteiger partial charge in [0.05, 0.1) is 11.6 Å². The molecule has 0 saturated carbocycles. The molecular formula is C6H10ClNO. The van der Waals surface area contributed by atoms with E-state index in [1.54, 1.807) is 0 Å². The van der Waals surface area contributed by atoms with Crippen LogP contribution in [-0.4, -0.2) is 17.7 Å². The summed E-state index contributed by atoms with van der Waals surface area (Å²) in [5.41, 5.74) is 1.13. The zero-order valence-corrected chi connectivity index (χ0v) is 6.19. The lowest BCUT2D eigenvalue weighted by atomic mass is 10.2. The van der Waals surface area contributed by atoms with E-state index in [2.05, 4.69) is 12.1 Å². The van der Waals surface area contributed by atoms with Gasteiger partial charge in [-0.3, -0.25) is 0 Å². The van der Waals surface area contributed by atoms with Crippen molar-refractivity contribution in [3.8, 4) is 0 Å². The fourth-order valence-corrected chi connectivity index (χ4v) is 0.943. The van der Waals surface area contributed by atoms with Crippen molar-refractivity contribution in [3.63, 3.8) is 0 Å². The monoisotopic (exact) mass is 147 g/mol. The minimum Gasteiger partial charge on any atom is -0.391 e. The van der Waals surface area contributed by atoms with Gasteiger partial charge in [0.1, 0.15) is 6.10 Å². The van der Waals surface area contributed by atoms with Crippen molar-refractivity contribution in [1.29, 1.82) is 0 Å². The van der Waals surface area contributed by atoms with Crippen LogP contribution in [0.5, 0.6) is 0 Å². The second-order valence-electron chi connectivity index (χ2n) is 2.10. The molecule has 0 aromatic heterocycles. The van der Waals surface area contributed by atoms with E-state index >= 15 is 0 Å². The number of halogens is 1. The third-order valence-corrected chi connectivity index (χ3v) is 1.72. The molecule has 0 N–H and O–H groups in total. The molecule has 1 aliphatic rings. The molecule has 0 spiro atoms. The summed E-state index contributed by atoms with van der Waals surface area (Å²) in [5.74, 6) is 0.549. The first-order chi connectivity index (χ1) is 4.36. The van der Waals surface area contributed by atoms with E-state index in [4.69, 9.17) is 16.4 Å². The maximum absolute atomic E-state index is 5.53. The molecule has 0 aromatic rings. The summed E-state index contributed by atoms with van der Waals surface area (Å²) in [5, 5.41) is 3.84. The molecule has 0 amide bonds. The topological polar surface area (TPSA) is 21.6 Å². The van der Waals surface area contributed by atoms with E-state index in [-0.39, 0.29) is 6.10 Å². The van der Waals surface area contributed by atoms with Crippen LogP contribution < -0.4 is 0 Å². The zero-order valence-electron chi connectivity index (χ0n) is 5.43. The van der Waals surface area contributed by atoms with Crippen LogP contribution in [0.15, 0.2) is 5.16 Å². The standard InChI is InChI=1S/C6H10ClNO/c1-2-5-3-6(4-7)9-8-5/h6H,2-4H2,1H3/t6-/m0/s1. The predicted octanol–water partition coefficient (Wildman–Crippen LogP) is 1.78. The van der Waals surface area contributed by atoms with Crippen molar-refractivity contribution >= 4 is 17.3 Å². The Kier molecular flexibility index (Phi) is 2.34. The van der Waals surface area contributed by atoms with Gasteiger partial charge in [-0.25, -0.2) is 0 Å². The van der Waals surface area contributed by atoms with Gasteiger partial charge in [-0.05, 0) is 6.42 Å². The maximum atomic E-state index is 5.53. The summed E-state index contributed by atoms with van der Waals surface area (Å²) in [6.45, 7) is 2.07. The Morgan fingerprint density at radius 3 is 3.00 bits per heavy atom. The SMILES string of the molecule is CCC1=NO[C@H](CCl)C1. The number of alkyl halides is 1. The van der Waals surface area contributed by atoms with Crippen LogP contribution in [0, 0.1) is 0 Å². The van der Waals surface area contributed by atoms with Crippen molar-refractivity contribution in [1.82, 2.24) is 0 Å². The molecule has 0 saturated heterocycles. The van der Waals surface area contributed by atoms with Crippen LogP contribution in [0.4, 0.5) is 0 Å². The fraction of sp³-hybridized carbons (Fsp3) is 0.833. The molecule has 0 unspecified atom stereocenters. The Balaban J connectivity index is 2.31. The Morgan fingerprint density at radius 1 is 1.89 bits per heavy atom. The molecule has 52 valence electrons. The van der Waals surface area contributed by atoms with Gasteiger partial charge >= 0.3 is 0 Å². The lowest BCUT2D eigenvalue weighted by Crippen LogP contribution is -2.08. The van der Waals surface area contributed by atoms with Gasteiger partial charge in [0.15, 0.2) is 0 Å². The average molecular weight is 148 g/mol. The van der Waals surface area contributed by atoms with Crippen LogP contribution in [0.25, 0.3) is 0 Å². The van der Waals surface area contributed by atoms with Gasteiger partial charge in [-0.1, -0.05) is 12.1 Å². The van der Waals surface area contributed by atoms with Crippen molar-refractivity contribution in [2.45, 2.75) is 25.9 Å². The van der Waals surface area contributed by atoms with E-state index in [1.807, 2.05) is 0 Å². The van der Waals surface area contributed by atoms with Crippen molar-refractivity contribution in [2.24, 2.45) is 5.16 Å². The maximum Gasteiger partial charge on any atom is 0.146 e. The van der Waals surface area contributed by atoms with Gasteiger partial charge in [-0.15, -0.1) is 11.6 Å². The Labute approximate surface area is 59.8 Å². The second kappa shape index (κ2) is 3.06. The predicted molar refractivity (Wildman–Crippen MR) is 37.9 cm³/mol. The van der Waals surface area contributed by atoms with E-state index in [1.165, 1.54) is 0 Å². The smallest absolute Gasteiger partial charge is 0.146 e. The Bertz CT molecular complexity index is 124. The molecule has 1 rings (SSSR count). The molecule has 9 heavy (non-hydrogen) atoms. The summed E-state index contributed by atoms with van der Waals surface area (Å²) in [6, 6.07) is 0. The first kappa shape index (κ1) is 6.87. The Morgan fingerprint density at radius 2 is 2.67 bits per heavy atom. The summed E-state index contributed by atoms with van der Waals surface area (Å²) in [4.78, 5) is 4.96. The number of nitrogens with zero attached hydrogens (tertiary/aromatic N) is 1. The number of hydrogen-bond donors (Lipinski definition) is 0. The minimum absolute atomic E-state index is 0.140. The van der Waals surface area contributed by atoms with Gasteiger partial charge in [0, 0.05) is 6.42 Å². The highest BCUT2D eigenvalue weighted by atomic mass is 35.5. The fourth-order valence-electron chi connectivity index (χ4n) is 0.778. The second-order valence-corrected chi connectivity index (χ2v) is 2.41. The van der Waals surface area contributed by atoms with E-state index < -0.39 is 0 Å². The van der Waals surface area contributed by atoms with Gasteiger partial charge < -0.3 is 4.84 Å². The molecule has 0 radical (unpaired) electrons. The van der Waals surface area contributed by atoms with Crippen molar-refractivity contribution in [2.75, 3.05) is 5.88 Å². The highest BCUT2D eigenvalue weighted by Gasteiger charge is 2.17. The first-order valence-electron chi connectivity index (χ1n) is 3.14. The van der Waals surface area contributed by atoms with E-state index in [0.29, 0.717) is 5.88 Å². The molecule has 0 aliphatic carbocycles. The zero-order chi connectivity index (χ0) is 6.69. The third kappa shape index (κ3) is 1.58. The number of rotatable bonds is 2. The summed E-state index contributed by atoms with van der Waals surface area (Å²) < 4.78 is 0. The number of oxime groups is 1. The minimum atomic E-state index is 0.140. The normalized spacial score (nSPS) is 25.6. The largest absolute Gasteiger partial charge is 0.391 e. The molecule has 0 bridgehead atoms. The molecule has 0 aromatic carbocycles. The number of hydrogen-bond acceptors (Lipinski definition) is 2. The third-order valence-electron chi connectivity index (χ3n) is 1.37. The average Bonchev–Trinajstić information content (AvgIpc) is 2.34. The lowest BCUT2D eigenvalue weighted by Gasteiger charge is -1.99. The first-order valence-corrected chi connectivity index (χ1v) is 3.67. The van der Waals surface area contributed by atoms with Crippen LogP contribution >= 0.6 is 11.6 Å². The molecule has 1 aliphatic heterocycles. The summed E-state index contributed by atoms with van der Waals surface area (Å²) in [7, 11) is 0. The van der Waals surface area contributed by atoms with Crippen LogP contribution in [0.1, 0.15) is 19.8 Å². The Hall–Kier alpha value is -0.240. The molecule has 1 heterocycles. The van der Waals surface area contributed by atoms with Crippen LogP contribution in [-0.2, 0) is 4.84 Å². The van der Waals surface area contributed by atoms with Crippen molar-refractivity contribution < 1.29 is 4.84 Å². The quantitative estimate of drug-likeness (QED) is 0.546. The summed E-state index contributed by atoms with van der Waals surface area (Å²) in [6.07, 6.45) is 2.04. The molecule has 0 fully saturated rings. The molecule has 1 atom stereocenters.